The fourth-order valence-corrected chi connectivity index (χ4v) is 3.59. The quantitative estimate of drug-likeness (QED) is 0.512. The van der Waals surface area contributed by atoms with Crippen LogP contribution < -0.4 is 14.8 Å². The maximum Gasteiger partial charge on any atom is 0.244 e. The van der Waals surface area contributed by atoms with Crippen LogP contribution in [0.4, 0.5) is 0 Å². The highest BCUT2D eigenvalue weighted by atomic mass is 35.5. The first-order valence-corrected chi connectivity index (χ1v) is 10.3. The fourth-order valence-electron chi connectivity index (χ4n) is 3.29. The van der Waals surface area contributed by atoms with Crippen LogP contribution in [0.3, 0.4) is 0 Å². The molecule has 0 radical (unpaired) electrons. The van der Waals surface area contributed by atoms with Gasteiger partial charge in [0.15, 0.2) is 0 Å². The first-order valence-electron chi connectivity index (χ1n) is 9.90. The number of aromatic nitrogens is 2. The van der Waals surface area contributed by atoms with E-state index in [0.29, 0.717) is 23.2 Å². The summed E-state index contributed by atoms with van der Waals surface area (Å²) >= 11 is 6.52. The van der Waals surface area contributed by atoms with Gasteiger partial charge < -0.3 is 14.8 Å². The number of amides is 1. The Hall–Kier alpha value is -3.25. The average molecular weight is 440 g/mol. The highest BCUT2D eigenvalue weighted by Gasteiger charge is 2.15. The number of ether oxygens (including phenoxy) is 2. The molecule has 0 saturated carbocycles. The van der Waals surface area contributed by atoms with Crippen molar-refractivity contribution < 1.29 is 14.3 Å². The zero-order valence-electron chi connectivity index (χ0n) is 18.1. The summed E-state index contributed by atoms with van der Waals surface area (Å²) < 4.78 is 12.4. The van der Waals surface area contributed by atoms with E-state index in [1.54, 1.807) is 25.0 Å². The minimum Gasteiger partial charge on any atom is -0.497 e. The molecular weight excluding hydrogens is 414 g/mol. The van der Waals surface area contributed by atoms with Crippen LogP contribution in [0.25, 0.3) is 6.08 Å². The standard InChI is InChI=1S/C24H26ClN3O3/c1-16(21-14-19(30-3)10-12-22(21)31-4)26-23(29)13-11-20-17(2)27-28(24(20)25)15-18-8-6-5-7-9-18/h5-14,16H,15H2,1-4H3,(H,26,29)/b13-11+. The molecule has 0 bridgehead atoms. The van der Waals surface area contributed by atoms with Gasteiger partial charge in [0.05, 0.1) is 32.5 Å². The first-order chi connectivity index (χ1) is 14.9. The number of carbonyl (C=O) groups is 1. The minimum absolute atomic E-state index is 0.247. The molecule has 1 N–H and O–H groups in total. The largest absolute Gasteiger partial charge is 0.497 e. The summed E-state index contributed by atoms with van der Waals surface area (Å²) in [4.78, 5) is 12.5. The van der Waals surface area contributed by atoms with Crippen LogP contribution in [0, 0.1) is 6.92 Å². The summed E-state index contributed by atoms with van der Waals surface area (Å²) in [6, 6.07) is 15.2. The van der Waals surface area contributed by atoms with Gasteiger partial charge in [0.2, 0.25) is 5.91 Å². The molecule has 1 aromatic heterocycles. The molecule has 3 rings (SSSR count). The van der Waals surface area contributed by atoms with E-state index in [0.717, 1.165) is 22.4 Å². The van der Waals surface area contributed by atoms with E-state index in [-0.39, 0.29) is 11.9 Å². The Morgan fingerprint density at radius 3 is 2.61 bits per heavy atom. The van der Waals surface area contributed by atoms with Crippen molar-refractivity contribution in [3.05, 3.63) is 82.1 Å². The molecule has 1 unspecified atom stereocenters. The van der Waals surface area contributed by atoms with Crippen LogP contribution >= 0.6 is 11.6 Å². The monoisotopic (exact) mass is 439 g/mol. The molecule has 162 valence electrons. The van der Waals surface area contributed by atoms with Crippen molar-refractivity contribution >= 4 is 23.6 Å². The minimum atomic E-state index is -0.278. The summed E-state index contributed by atoms with van der Waals surface area (Å²) in [5.74, 6) is 1.13. The highest BCUT2D eigenvalue weighted by Crippen LogP contribution is 2.29. The molecule has 6 nitrogen and oxygen atoms in total. The Balaban J connectivity index is 1.72. The number of rotatable bonds is 8. The summed E-state index contributed by atoms with van der Waals surface area (Å²) in [5.41, 5.74) is 3.40. The molecule has 0 aliphatic heterocycles. The van der Waals surface area contributed by atoms with Gasteiger partial charge in [0, 0.05) is 17.2 Å². The normalized spacial score (nSPS) is 12.0. The van der Waals surface area contributed by atoms with Crippen LogP contribution in [0.15, 0.2) is 54.6 Å². The van der Waals surface area contributed by atoms with Crippen LogP contribution in [0.2, 0.25) is 5.15 Å². The van der Waals surface area contributed by atoms with Crippen LogP contribution in [0.1, 0.15) is 35.3 Å². The number of nitrogens with zero attached hydrogens (tertiary/aromatic N) is 2. The summed E-state index contributed by atoms with van der Waals surface area (Å²) in [6.07, 6.45) is 3.16. The third-order valence-corrected chi connectivity index (χ3v) is 5.35. The predicted molar refractivity (Wildman–Crippen MR) is 123 cm³/mol. The Kier molecular flexibility index (Phi) is 7.36. The number of hydrogen-bond acceptors (Lipinski definition) is 4. The second-order valence-electron chi connectivity index (χ2n) is 7.10. The molecule has 7 heteroatoms. The second-order valence-corrected chi connectivity index (χ2v) is 7.46. The molecule has 0 fully saturated rings. The van der Waals surface area contributed by atoms with Gasteiger partial charge in [-0.2, -0.15) is 5.10 Å². The van der Waals surface area contributed by atoms with E-state index in [4.69, 9.17) is 21.1 Å². The van der Waals surface area contributed by atoms with Crippen molar-refractivity contribution in [2.45, 2.75) is 26.4 Å². The number of nitrogens with one attached hydrogen (secondary N) is 1. The van der Waals surface area contributed by atoms with E-state index in [9.17, 15) is 4.79 Å². The molecular formula is C24H26ClN3O3. The maximum absolute atomic E-state index is 12.5. The third kappa shape index (κ3) is 5.47. The van der Waals surface area contributed by atoms with Crippen LogP contribution in [0.5, 0.6) is 11.5 Å². The van der Waals surface area contributed by atoms with Gasteiger partial charge in [-0.25, -0.2) is 4.68 Å². The van der Waals surface area contributed by atoms with Gasteiger partial charge in [-0.1, -0.05) is 41.9 Å². The van der Waals surface area contributed by atoms with Crippen molar-refractivity contribution in [1.29, 1.82) is 0 Å². The molecule has 0 aliphatic rings. The lowest BCUT2D eigenvalue weighted by molar-refractivity contribution is -0.117. The highest BCUT2D eigenvalue weighted by molar-refractivity contribution is 6.31. The lowest BCUT2D eigenvalue weighted by Gasteiger charge is -2.17. The number of hydrogen-bond donors (Lipinski definition) is 1. The number of aryl methyl sites for hydroxylation is 1. The van der Waals surface area contributed by atoms with E-state index >= 15 is 0 Å². The maximum atomic E-state index is 12.5. The lowest BCUT2D eigenvalue weighted by atomic mass is 10.1. The molecule has 1 heterocycles. The summed E-state index contributed by atoms with van der Waals surface area (Å²) in [6.45, 7) is 4.32. The third-order valence-electron chi connectivity index (χ3n) is 4.95. The molecule has 31 heavy (non-hydrogen) atoms. The average Bonchev–Trinajstić information content (AvgIpc) is 3.04. The number of benzene rings is 2. The molecule has 2 aromatic carbocycles. The predicted octanol–water partition coefficient (Wildman–Crippen LogP) is 4.80. The Morgan fingerprint density at radius 1 is 1.19 bits per heavy atom. The molecule has 1 atom stereocenters. The van der Waals surface area contributed by atoms with Gasteiger partial charge in [0.25, 0.3) is 0 Å². The topological polar surface area (TPSA) is 65.4 Å². The van der Waals surface area contributed by atoms with Gasteiger partial charge in [-0.15, -0.1) is 0 Å². The second kappa shape index (κ2) is 10.2. The van der Waals surface area contributed by atoms with Gasteiger partial charge in [-0.05, 0) is 43.7 Å². The number of halogens is 1. The Labute approximate surface area is 187 Å². The lowest BCUT2D eigenvalue weighted by Crippen LogP contribution is -2.25. The van der Waals surface area contributed by atoms with E-state index in [1.165, 1.54) is 6.08 Å². The molecule has 0 aliphatic carbocycles. The summed E-state index contributed by atoms with van der Waals surface area (Å²) in [5, 5.41) is 7.94. The van der Waals surface area contributed by atoms with Crippen molar-refractivity contribution in [3.8, 4) is 11.5 Å². The van der Waals surface area contributed by atoms with Crippen LogP contribution in [-0.4, -0.2) is 29.9 Å². The van der Waals surface area contributed by atoms with Crippen LogP contribution in [-0.2, 0) is 11.3 Å². The van der Waals surface area contributed by atoms with Crippen molar-refractivity contribution in [2.24, 2.45) is 0 Å². The SMILES string of the molecule is COc1ccc(OC)c(C(C)NC(=O)/C=C/c2c(C)nn(Cc3ccccc3)c2Cl)c1. The summed E-state index contributed by atoms with van der Waals surface area (Å²) in [7, 11) is 3.19. The fraction of sp³-hybridized carbons (Fsp3) is 0.250. The molecule has 3 aromatic rings. The first kappa shape index (κ1) is 22.4. The van der Waals surface area contributed by atoms with Gasteiger partial charge >= 0.3 is 0 Å². The van der Waals surface area contributed by atoms with Crippen molar-refractivity contribution in [3.63, 3.8) is 0 Å². The van der Waals surface area contributed by atoms with Gasteiger partial charge in [-0.3, -0.25) is 4.79 Å². The zero-order chi connectivity index (χ0) is 22.4. The van der Waals surface area contributed by atoms with E-state index in [2.05, 4.69) is 10.4 Å². The Morgan fingerprint density at radius 2 is 1.94 bits per heavy atom. The zero-order valence-corrected chi connectivity index (χ0v) is 18.8. The van der Waals surface area contributed by atoms with Gasteiger partial charge in [0.1, 0.15) is 16.7 Å². The number of carbonyl (C=O) groups excluding carboxylic acids is 1. The molecule has 0 saturated heterocycles. The smallest absolute Gasteiger partial charge is 0.244 e. The van der Waals surface area contributed by atoms with Crippen molar-refractivity contribution in [2.75, 3.05) is 14.2 Å². The van der Waals surface area contributed by atoms with Crippen molar-refractivity contribution in [1.82, 2.24) is 15.1 Å². The molecule has 0 spiro atoms. The molecule has 1 amide bonds. The number of methoxy groups -OCH3 is 2. The van der Waals surface area contributed by atoms with E-state index < -0.39 is 0 Å². The Bertz CT molecular complexity index is 1080. The van der Waals surface area contributed by atoms with E-state index in [1.807, 2.05) is 62.4 Å².